The SMILES string of the molecule is NC(=O)c1cc(N)cc(Cl)c1Nc1ccccc1Br. The van der Waals surface area contributed by atoms with Crippen LogP contribution in [0.2, 0.25) is 5.02 Å². The molecule has 0 bridgehead atoms. The molecule has 19 heavy (non-hydrogen) atoms. The van der Waals surface area contributed by atoms with E-state index in [1.165, 1.54) is 6.07 Å². The molecule has 2 aromatic rings. The van der Waals surface area contributed by atoms with Crippen LogP contribution in [0, 0.1) is 0 Å². The molecular formula is C13H11BrClN3O. The van der Waals surface area contributed by atoms with Crippen molar-refractivity contribution in [1.29, 1.82) is 0 Å². The van der Waals surface area contributed by atoms with E-state index in [2.05, 4.69) is 21.2 Å². The third-order valence-electron chi connectivity index (χ3n) is 2.51. The van der Waals surface area contributed by atoms with Crippen LogP contribution in [-0.2, 0) is 0 Å². The van der Waals surface area contributed by atoms with E-state index in [4.69, 9.17) is 23.1 Å². The van der Waals surface area contributed by atoms with Gasteiger partial charge >= 0.3 is 0 Å². The lowest BCUT2D eigenvalue weighted by Gasteiger charge is -2.14. The first-order valence-corrected chi connectivity index (χ1v) is 6.56. The zero-order valence-corrected chi connectivity index (χ0v) is 12.1. The van der Waals surface area contributed by atoms with E-state index in [0.29, 0.717) is 16.4 Å². The summed E-state index contributed by atoms with van der Waals surface area (Å²) in [7, 11) is 0. The molecule has 0 aliphatic rings. The van der Waals surface area contributed by atoms with Crippen LogP contribution in [0.5, 0.6) is 0 Å². The molecule has 0 aliphatic carbocycles. The Balaban J connectivity index is 2.51. The number of carbonyl (C=O) groups is 1. The Morgan fingerprint density at radius 3 is 2.58 bits per heavy atom. The number of nitrogens with two attached hydrogens (primary N) is 2. The normalized spacial score (nSPS) is 10.2. The van der Waals surface area contributed by atoms with Crippen LogP contribution in [0.25, 0.3) is 0 Å². The molecule has 4 nitrogen and oxygen atoms in total. The monoisotopic (exact) mass is 339 g/mol. The minimum Gasteiger partial charge on any atom is -0.399 e. The van der Waals surface area contributed by atoms with Gasteiger partial charge in [0.1, 0.15) is 0 Å². The topological polar surface area (TPSA) is 81.1 Å². The number of rotatable bonds is 3. The van der Waals surface area contributed by atoms with Gasteiger partial charge in [0.05, 0.1) is 22.0 Å². The maximum Gasteiger partial charge on any atom is 0.250 e. The van der Waals surface area contributed by atoms with Gasteiger partial charge in [-0.3, -0.25) is 4.79 Å². The van der Waals surface area contributed by atoms with Gasteiger partial charge < -0.3 is 16.8 Å². The number of para-hydroxylation sites is 1. The summed E-state index contributed by atoms with van der Waals surface area (Å²) in [6.07, 6.45) is 0. The third kappa shape index (κ3) is 3.00. The summed E-state index contributed by atoms with van der Waals surface area (Å²) >= 11 is 9.52. The van der Waals surface area contributed by atoms with Crippen molar-refractivity contribution in [2.45, 2.75) is 0 Å². The third-order valence-corrected chi connectivity index (χ3v) is 3.50. The fourth-order valence-corrected chi connectivity index (χ4v) is 2.31. The Hall–Kier alpha value is -1.72. The number of amides is 1. The number of carbonyl (C=O) groups excluding carboxylic acids is 1. The molecule has 6 heteroatoms. The van der Waals surface area contributed by atoms with Gasteiger partial charge in [-0.05, 0) is 40.2 Å². The molecule has 1 amide bonds. The van der Waals surface area contributed by atoms with Crippen molar-refractivity contribution in [3.63, 3.8) is 0 Å². The lowest BCUT2D eigenvalue weighted by Crippen LogP contribution is -2.14. The van der Waals surface area contributed by atoms with E-state index in [9.17, 15) is 4.79 Å². The predicted octanol–water partition coefficient (Wildman–Crippen LogP) is 3.53. The van der Waals surface area contributed by atoms with Crippen LogP contribution < -0.4 is 16.8 Å². The zero-order chi connectivity index (χ0) is 14.0. The number of benzene rings is 2. The minimum atomic E-state index is -0.594. The highest BCUT2D eigenvalue weighted by Gasteiger charge is 2.14. The molecular weight excluding hydrogens is 330 g/mol. The van der Waals surface area contributed by atoms with Crippen LogP contribution in [0.4, 0.5) is 17.1 Å². The number of nitrogens with one attached hydrogen (secondary N) is 1. The Labute approximate surface area is 123 Å². The smallest absolute Gasteiger partial charge is 0.250 e. The van der Waals surface area contributed by atoms with Gasteiger partial charge in [0.2, 0.25) is 0 Å². The summed E-state index contributed by atoms with van der Waals surface area (Å²) in [5, 5.41) is 3.42. The van der Waals surface area contributed by atoms with Crippen LogP contribution in [0.3, 0.4) is 0 Å². The average molecular weight is 341 g/mol. The molecule has 0 radical (unpaired) electrons. The maximum absolute atomic E-state index is 11.5. The maximum atomic E-state index is 11.5. The van der Waals surface area contributed by atoms with Crippen molar-refractivity contribution < 1.29 is 4.79 Å². The Kier molecular flexibility index (Phi) is 3.97. The standard InChI is InChI=1S/C13H11BrClN3O/c14-9-3-1-2-4-11(9)18-12-8(13(17)19)5-7(16)6-10(12)15/h1-6,18H,16H2,(H2,17,19). The largest absolute Gasteiger partial charge is 0.399 e. The summed E-state index contributed by atoms with van der Waals surface area (Å²) in [4.78, 5) is 11.5. The lowest BCUT2D eigenvalue weighted by molar-refractivity contribution is 0.100. The van der Waals surface area contributed by atoms with E-state index in [1.807, 2.05) is 24.3 Å². The first-order chi connectivity index (χ1) is 8.99. The Morgan fingerprint density at radius 2 is 1.95 bits per heavy atom. The van der Waals surface area contributed by atoms with Crippen molar-refractivity contribution in [1.82, 2.24) is 0 Å². The van der Waals surface area contributed by atoms with Crippen LogP contribution in [-0.4, -0.2) is 5.91 Å². The highest BCUT2D eigenvalue weighted by Crippen LogP contribution is 2.33. The lowest BCUT2D eigenvalue weighted by atomic mass is 10.1. The summed E-state index contributed by atoms with van der Waals surface area (Å²) < 4.78 is 0.846. The molecule has 0 heterocycles. The number of nitrogen functional groups attached to an aromatic ring is 1. The molecule has 0 fully saturated rings. The Bertz CT molecular complexity index is 646. The molecule has 5 N–H and O–H groups in total. The summed E-state index contributed by atoms with van der Waals surface area (Å²) in [5.41, 5.74) is 12.9. The van der Waals surface area contributed by atoms with Gasteiger partial charge in [-0.15, -0.1) is 0 Å². The molecule has 0 aromatic heterocycles. The van der Waals surface area contributed by atoms with Crippen LogP contribution >= 0.6 is 27.5 Å². The summed E-state index contributed by atoms with van der Waals surface area (Å²) in [6.45, 7) is 0. The molecule has 0 unspecified atom stereocenters. The molecule has 0 saturated heterocycles. The number of hydrogen-bond acceptors (Lipinski definition) is 3. The van der Waals surface area contributed by atoms with Gasteiger partial charge in [0.25, 0.3) is 5.91 Å². The quantitative estimate of drug-likeness (QED) is 0.748. The van der Waals surface area contributed by atoms with Crippen molar-refractivity contribution in [2.75, 3.05) is 11.1 Å². The number of hydrogen-bond donors (Lipinski definition) is 3. The van der Waals surface area contributed by atoms with E-state index in [1.54, 1.807) is 6.07 Å². The molecule has 0 saturated carbocycles. The van der Waals surface area contributed by atoms with Crippen LogP contribution in [0.15, 0.2) is 40.9 Å². The van der Waals surface area contributed by atoms with Crippen molar-refractivity contribution in [3.05, 3.63) is 51.5 Å². The summed E-state index contributed by atoms with van der Waals surface area (Å²) in [6, 6.07) is 10.5. The highest BCUT2D eigenvalue weighted by molar-refractivity contribution is 9.10. The second-order valence-electron chi connectivity index (χ2n) is 3.89. The predicted molar refractivity (Wildman–Crippen MR) is 81.8 cm³/mol. The van der Waals surface area contributed by atoms with E-state index in [0.717, 1.165) is 10.2 Å². The van der Waals surface area contributed by atoms with E-state index >= 15 is 0 Å². The van der Waals surface area contributed by atoms with Gasteiger partial charge in [0, 0.05) is 10.2 Å². The molecule has 2 aromatic carbocycles. The van der Waals surface area contributed by atoms with Gasteiger partial charge in [-0.1, -0.05) is 23.7 Å². The average Bonchev–Trinajstić information content (AvgIpc) is 2.34. The fraction of sp³-hybridized carbons (Fsp3) is 0. The number of anilines is 3. The second-order valence-corrected chi connectivity index (χ2v) is 5.16. The van der Waals surface area contributed by atoms with E-state index < -0.39 is 5.91 Å². The van der Waals surface area contributed by atoms with E-state index in [-0.39, 0.29) is 5.56 Å². The molecule has 2 rings (SSSR count). The first-order valence-electron chi connectivity index (χ1n) is 5.39. The molecule has 0 spiro atoms. The van der Waals surface area contributed by atoms with Gasteiger partial charge in [-0.2, -0.15) is 0 Å². The first kappa shape index (κ1) is 13.7. The van der Waals surface area contributed by atoms with Crippen molar-refractivity contribution in [3.8, 4) is 0 Å². The number of halogens is 2. The van der Waals surface area contributed by atoms with Gasteiger partial charge in [-0.25, -0.2) is 0 Å². The summed E-state index contributed by atoms with van der Waals surface area (Å²) in [5.74, 6) is -0.594. The fourth-order valence-electron chi connectivity index (χ4n) is 1.65. The second kappa shape index (κ2) is 5.50. The number of primary amides is 1. The molecule has 0 atom stereocenters. The minimum absolute atomic E-state index is 0.251. The Morgan fingerprint density at radius 1 is 1.26 bits per heavy atom. The zero-order valence-electron chi connectivity index (χ0n) is 9.78. The highest BCUT2D eigenvalue weighted by atomic mass is 79.9. The molecule has 0 aliphatic heterocycles. The van der Waals surface area contributed by atoms with Gasteiger partial charge in [0.15, 0.2) is 0 Å². The molecule has 98 valence electrons. The van der Waals surface area contributed by atoms with Crippen LogP contribution in [0.1, 0.15) is 10.4 Å². The van der Waals surface area contributed by atoms with Crippen molar-refractivity contribution >= 4 is 50.5 Å². The van der Waals surface area contributed by atoms with Crippen molar-refractivity contribution in [2.24, 2.45) is 5.73 Å².